The monoisotopic (exact) mass is 366 g/mol. The van der Waals surface area contributed by atoms with Gasteiger partial charge in [0.05, 0.1) is 18.3 Å². The molecule has 0 saturated carbocycles. The summed E-state index contributed by atoms with van der Waals surface area (Å²) in [6.07, 6.45) is 3.79. The number of ether oxygens (including phenoxy) is 1. The molecule has 0 N–H and O–H groups in total. The minimum atomic E-state index is -0.501. The zero-order chi connectivity index (χ0) is 19.6. The highest BCUT2D eigenvalue weighted by atomic mass is 19.1. The number of benzene rings is 1. The van der Waals surface area contributed by atoms with E-state index in [2.05, 4.69) is 5.10 Å². The third-order valence-corrected chi connectivity index (χ3v) is 4.31. The molecule has 6 heteroatoms. The molecule has 2 aromatic heterocycles. The molecule has 0 amide bonds. The molecular weight excluding hydrogens is 347 g/mol. The molecule has 2 heterocycles. The number of rotatable bonds is 5. The molecule has 0 unspecified atom stereocenters. The maximum absolute atomic E-state index is 13.4. The van der Waals surface area contributed by atoms with Crippen LogP contribution in [0.4, 0.5) is 4.39 Å². The fourth-order valence-electron chi connectivity index (χ4n) is 3.15. The summed E-state index contributed by atoms with van der Waals surface area (Å²) in [4.78, 5) is 23.1. The van der Waals surface area contributed by atoms with E-state index in [4.69, 9.17) is 4.74 Å². The van der Waals surface area contributed by atoms with Crippen molar-refractivity contribution in [3.05, 3.63) is 65.1 Å². The fourth-order valence-corrected chi connectivity index (χ4v) is 3.15. The molecule has 0 aliphatic rings. The third kappa shape index (κ3) is 3.38. The number of halogens is 1. The van der Waals surface area contributed by atoms with Crippen LogP contribution < -0.4 is 0 Å². The topological polar surface area (TPSA) is 60.7 Å². The second-order valence-electron chi connectivity index (χ2n) is 6.34. The average molecular weight is 366 g/mol. The SMILES string of the molecule is COC(=O)c1ccc2c(C(C)C)c(/C=C/C=O)c(-c3ccc(F)cc3)nn12. The quantitative estimate of drug-likeness (QED) is 0.384. The molecule has 0 spiro atoms. The van der Waals surface area contributed by atoms with Crippen molar-refractivity contribution in [1.82, 2.24) is 9.61 Å². The lowest BCUT2D eigenvalue weighted by Crippen LogP contribution is -2.11. The zero-order valence-electron chi connectivity index (χ0n) is 15.3. The Kier molecular flexibility index (Phi) is 5.16. The van der Waals surface area contributed by atoms with Gasteiger partial charge in [-0.15, -0.1) is 0 Å². The van der Waals surface area contributed by atoms with E-state index in [1.165, 1.54) is 29.8 Å². The number of hydrogen-bond acceptors (Lipinski definition) is 4. The van der Waals surface area contributed by atoms with Gasteiger partial charge in [-0.1, -0.05) is 13.8 Å². The molecule has 0 radical (unpaired) electrons. The van der Waals surface area contributed by atoms with Crippen LogP contribution in [0, 0.1) is 5.82 Å². The Morgan fingerprint density at radius 3 is 2.48 bits per heavy atom. The number of allylic oxidation sites excluding steroid dienone is 1. The predicted molar refractivity (Wildman–Crippen MR) is 101 cm³/mol. The van der Waals surface area contributed by atoms with Crippen LogP contribution in [0.3, 0.4) is 0 Å². The highest BCUT2D eigenvalue weighted by Gasteiger charge is 2.21. The fraction of sp³-hybridized carbons (Fsp3) is 0.190. The van der Waals surface area contributed by atoms with Crippen molar-refractivity contribution in [3.8, 4) is 11.3 Å². The highest BCUT2D eigenvalue weighted by Crippen LogP contribution is 2.33. The van der Waals surface area contributed by atoms with E-state index in [1.54, 1.807) is 30.3 Å². The Balaban J connectivity index is 2.42. The number of carbonyl (C=O) groups is 2. The number of methoxy groups -OCH3 is 1. The molecule has 0 saturated heterocycles. The molecule has 3 rings (SSSR count). The Morgan fingerprint density at radius 2 is 1.89 bits per heavy atom. The van der Waals surface area contributed by atoms with Crippen LogP contribution >= 0.6 is 0 Å². The third-order valence-electron chi connectivity index (χ3n) is 4.31. The van der Waals surface area contributed by atoms with Crippen molar-refractivity contribution in [1.29, 1.82) is 0 Å². The number of aldehydes is 1. The van der Waals surface area contributed by atoms with E-state index in [-0.39, 0.29) is 11.7 Å². The number of hydrogen-bond donors (Lipinski definition) is 0. The highest BCUT2D eigenvalue weighted by molar-refractivity contribution is 5.91. The molecule has 1 aromatic carbocycles. The maximum Gasteiger partial charge on any atom is 0.356 e. The van der Waals surface area contributed by atoms with Gasteiger partial charge in [-0.3, -0.25) is 4.79 Å². The molecule has 0 aliphatic heterocycles. The van der Waals surface area contributed by atoms with Gasteiger partial charge in [0.1, 0.15) is 12.1 Å². The Morgan fingerprint density at radius 1 is 1.19 bits per heavy atom. The summed E-state index contributed by atoms with van der Waals surface area (Å²) in [6, 6.07) is 9.39. The molecule has 0 aliphatic carbocycles. The van der Waals surface area contributed by atoms with E-state index < -0.39 is 5.97 Å². The summed E-state index contributed by atoms with van der Waals surface area (Å²) in [5.41, 5.74) is 3.95. The van der Waals surface area contributed by atoms with Gasteiger partial charge in [0.2, 0.25) is 0 Å². The van der Waals surface area contributed by atoms with Gasteiger partial charge in [-0.25, -0.2) is 13.7 Å². The summed E-state index contributed by atoms with van der Waals surface area (Å²) in [6.45, 7) is 4.04. The van der Waals surface area contributed by atoms with Crippen LogP contribution in [0.5, 0.6) is 0 Å². The average Bonchev–Trinajstić information content (AvgIpc) is 3.08. The van der Waals surface area contributed by atoms with Crippen molar-refractivity contribution in [3.63, 3.8) is 0 Å². The second kappa shape index (κ2) is 7.53. The van der Waals surface area contributed by atoms with E-state index >= 15 is 0 Å². The first-order valence-electron chi connectivity index (χ1n) is 8.49. The number of esters is 1. The lowest BCUT2D eigenvalue weighted by molar-refractivity contribution is -0.104. The van der Waals surface area contributed by atoms with E-state index in [0.717, 1.165) is 16.6 Å². The lowest BCUT2D eigenvalue weighted by atomic mass is 9.93. The van der Waals surface area contributed by atoms with Crippen LogP contribution in [0.15, 0.2) is 42.5 Å². The van der Waals surface area contributed by atoms with Crippen molar-refractivity contribution >= 4 is 23.8 Å². The van der Waals surface area contributed by atoms with Crippen molar-refractivity contribution in [2.75, 3.05) is 7.11 Å². The molecule has 138 valence electrons. The van der Waals surface area contributed by atoms with Gasteiger partial charge in [0, 0.05) is 11.1 Å². The Labute approximate surface area is 156 Å². The molecular formula is C21H19FN2O3. The van der Waals surface area contributed by atoms with Gasteiger partial charge in [0.15, 0.2) is 5.69 Å². The summed E-state index contributed by atoms with van der Waals surface area (Å²) >= 11 is 0. The summed E-state index contributed by atoms with van der Waals surface area (Å²) in [7, 11) is 1.31. The van der Waals surface area contributed by atoms with Crippen molar-refractivity contribution in [2.45, 2.75) is 19.8 Å². The number of carbonyl (C=O) groups excluding carboxylic acids is 2. The lowest BCUT2D eigenvalue weighted by Gasteiger charge is -2.17. The minimum Gasteiger partial charge on any atom is -0.464 e. The molecule has 0 fully saturated rings. The maximum atomic E-state index is 13.4. The van der Waals surface area contributed by atoms with Gasteiger partial charge in [0.25, 0.3) is 0 Å². The van der Waals surface area contributed by atoms with Crippen molar-refractivity contribution < 1.29 is 18.7 Å². The zero-order valence-corrected chi connectivity index (χ0v) is 15.3. The second-order valence-corrected chi connectivity index (χ2v) is 6.34. The predicted octanol–water partition coefficient (Wildman–Crippen LogP) is 4.26. The minimum absolute atomic E-state index is 0.0846. The molecule has 3 aromatic rings. The van der Waals surface area contributed by atoms with Crippen LogP contribution in [-0.4, -0.2) is 29.0 Å². The van der Waals surface area contributed by atoms with E-state index in [1.807, 2.05) is 13.8 Å². The largest absolute Gasteiger partial charge is 0.464 e. The van der Waals surface area contributed by atoms with Gasteiger partial charge in [-0.2, -0.15) is 5.10 Å². The molecule has 0 bridgehead atoms. The van der Waals surface area contributed by atoms with Crippen molar-refractivity contribution in [2.24, 2.45) is 0 Å². The molecule has 0 atom stereocenters. The molecule has 5 nitrogen and oxygen atoms in total. The standard InChI is InChI=1S/C21H19FN2O3/c1-13(2)19-16(5-4-12-25)20(14-6-8-15(22)9-7-14)23-24-17(19)10-11-18(24)21(26)27-3/h4-13H,1-3H3/b5-4+. The number of fused-ring (bicyclic) bond motifs is 1. The van der Waals surface area contributed by atoms with E-state index in [0.29, 0.717) is 23.2 Å². The van der Waals surface area contributed by atoms with Crippen LogP contribution in [0.1, 0.15) is 41.4 Å². The summed E-state index contributed by atoms with van der Waals surface area (Å²) < 4.78 is 19.8. The molecule has 27 heavy (non-hydrogen) atoms. The van der Waals surface area contributed by atoms with Gasteiger partial charge in [-0.05, 0) is 60.0 Å². The summed E-state index contributed by atoms with van der Waals surface area (Å²) in [5.74, 6) is -0.773. The smallest absolute Gasteiger partial charge is 0.356 e. The van der Waals surface area contributed by atoms with Crippen LogP contribution in [0.25, 0.3) is 22.9 Å². The first kappa shape index (κ1) is 18.5. The number of aromatic nitrogens is 2. The first-order valence-corrected chi connectivity index (χ1v) is 8.49. The Hall–Kier alpha value is -3.28. The van der Waals surface area contributed by atoms with Crippen LogP contribution in [0.2, 0.25) is 0 Å². The van der Waals surface area contributed by atoms with Gasteiger partial charge >= 0.3 is 5.97 Å². The number of nitrogens with zero attached hydrogens (tertiary/aromatic N) is 2. The summed E-state index contributed by atoms with van der Waals surface area (Å²) in [5, 5.41) is 4.63. The Bertz CT molecular complexity index is 1030. The van der Waals surface area contributed by atoms with Gasteiger partial charge < -0.3 is 4.74 Å². The van der Waals surface area contributed by atoms with E-state index in [9.17, 15) is 14.0 Å². The normalized spacial score (nSPS) is 11.4. The van der Waals surface area contributed by atoms with Crippen LogP contribution in [-0.2, 0) is 9.53 Å². The first-order chi connectivity index (χ1) is 13.0.